The number of thiazole rings is 1. The molecular formula is C24H23ClN4O3S4. The highest BCUT2D eigenvalue weighted by molar-refractivity contribution is 7.91. The van der Waals surface area contributed by atoms with Gasteiger partial charge in [-0.2, -0.15) is 4.31 Å². The van der Waals surface area contributed by atoms with Crippen LogP contribution in [0.3, 0.4) is 0 Å². The summed E-state index contributed by atoms with van der Waals surface area (Å²) in [5, 5.41) is 4.76. The smallest absolute Gasteiger partial charge is 0.253 e. The van der Waals surface area contributed by atoms with Crippen molar-refractivity contribution >= 4 is 76.8 Å². The third kappa shape index (κ3) is 4.30. The maximum absolute atomic E-state index is 13.6. The molecule has 1 aromatic carbocycles. The number of carbonyl (C=O) groups excluding carboxylic acids is 1. The van der Waals surface area contributed by atoms with Gasteiger partial charge in [0.15, 0.2) is 0 Å². The van der Waals surface area contributed by atoms with Crippen molar-refractivity contribution in [3.8, 4) is 10.6 Å². The summed E-state index contributed by atoms with van der Waals surface area (Å²) in [6.07, 6.45) is 1.99. The molecule has 5 heterocycles. The number of halogens is 1. The zero-order valence-electron chi connectivity index (χ0n) is 19.4. The number of likely N-dealkylation sites (N-methyl/N-ethyl adjacent to an activating group) is 1. The maximum Gasteiger partial charge on any atom is 0.253 e. The minimum Gasteiger partial charge on any atom is -0.316 e. The van der Waals surface area contributed by atoms with Crippen molar-refractivity contribution in [3.05, 3.63) is 51.2 Å². The molecule has 1 saturated heterocycles. The van der Waals surface area contributed by atoms with Crippen LogP contribution < -0.4 is 5.32 Å². The molecule has 1 fully saturated rings. The molecule has 3 aromatic heterocycles. The number of amides is 1. The fourth-order valence-electron chi connectivity index (χ4n) is 4.86. The topological polar surface area (TPSA) is 82.6 Å². The number of aromatic nitrogens is 1. The Labute approximate surface area is 226 Å². The molecule has 2 aliphatic heterocycles. The molecule has 0 aliphatic carbocycles. The van der Waals surface area contributed by atoms with Crippen molar-refractivity contribution in [1.82, 2.24) is 14.2 Å². The van der Waals surface area contributed by atoms with Gasteiger partial charge in [0.25, 0.3) is 10.0 Å². The van der Waals surface area contributed by atoms with Crippen LogP contribution in [0.4, 0.5) is 5.00 Å². The van der Waals surface area contributed by atoms with E-state index in [1.54, 1.807) is 28.7 Å². The fourth-order valence-corrected chi connectivity index (χ4v) is 10.6. The SMILES string of the molecule is CN1CCc2c(sc(NC(=O)C3CCCN3S(=O)(=O)c3ccc(Cl)s3)c2-c2nc3ccccc3s2)C1. The first-order valence-electron chi connectivity index (χ1n) is 11.6. The number of para-hydroxylation sites is 1. The van der Waals surface area contributed by atoms with E-state index in [0.29, 0.717) is 23.7 Å². The number of rotatable bonds is 5. The van der Waals surface area contributed by atoms with E-state index in [4.69, 9.17) is 16.6 Å². The van der Waals surface area contributed by atoms with Crippen molar-refractivity contribution in [3.63, 3.8) is 0 Å². The lowest BCUT2D eigenvalue weighted by atomic mass is 10.0. The second-order valence-corrected chi connectivity index (χ2v) is 15.0. The van der Waals surface area contributed by atoms with Gasteiger partial charge in [0.1, 0.15) is 20.3 Å². The molecule has 4 aromatic rings. The average molecular weight is 579 g/mol. The Morgan fingerprint density at radius 2 is 1.97 bits per heavy atom. The molecule has 188 valence electrons. The van der Waals surface area contributed by atoms with Crippen LogP contribution in [0.5, 0.6) is 0 Å². The zero-order chi connectivity index (χ0) is 25.0. The molecule has 2 aliphatic rings. The van der Waals surface area contributed by atoms with Crippen molar-refractivity contribution < 1.29 is 13.2 Å². The molecule has 1 unspecified atom stereocenters. The summed E-state index contributed by atoms with van der Waals surface area (Å²) >= 11 is 10.2. The van der Waals surface area contributed by atoms with Crippen molar-refractivity contribution in [2.24, 2.45) is 0 Å². The lowest BCUT2D eigenvalue weighted by Gasteiger charge is -2.23. The molecule has 6 rings (SSSR count). The predicted molar refractivity (Wildman–Crippen MR) is 148 cm³/mol. The molecule has 0 spiro atoms. The van der Waals surface area contributed by atoms with Gasteiger partial charge in [0, 0.05) is 30.1 Å². The minimum absolute atomic E-state index is 0.164. The van der Waals surface area contributed by atoms with E-state index in [2.05, 4.69) is 23.3 Å². The van der Waals surface area contributed by atoms with E-state index >= 15 is 0 Å². The van der Waals surface area contributed by atoms with Crippen molar-refractivity contribution in [1.29, 1.82) is 0 Å². The average Bonchev–Trinajstić information content (AvgIpc) is 3.63. The number of hydrogen-bond acceptors (Lipinski definition) is 8. The van der Waals surface area contributed by atoms with E-state index in [1.165, 1.54) is 20.8 Å². The maximum atomic E-state index is 13.6. The third-order valence-electron chi connectivity index (χ3n) is 6.61. The van der Waals surface area contributed by atoms with Gasteiger partial charge in [-0.05, 0) is 56.1 Å². The first-order valence-corrected chi connectivity index (χ1v) is 15.8. The molecule has 0 bridgehead atoms. The molecule has 0 saturated carbocycles. The Hall–Kier alpha value is -1.86. The van der Waals surface area contributed by atoms with Crippen LogP contribution in [0.1, 0.15) is 23.3 Å². The van der Waals surface area contributed by atoms with Gasteiger partial charge in [-0.25, -0.2) is 13.4 Å². The monoisotopic (exact) mass is 578 g/mol. The largest absolute Gasteiger partial charge is 0.316 e. The number of sulfonamides is 1. The molecule has 1 atom stereocenters. The molecule has 12 heteroatoms. The summed E-state index contributed by atoms with van der Waals surface area (Å²) in [6, 6.07) is 10.3. The van der Waals surface area contributed by atoms with Gasteiger partial charge in [-0.15, -0.1) is 34.0 Å². The lowest BCUT2D eigenvalue weighted by Crippen LogP contribution is -2.42. The molecule has 36 heavy (non-hydrogen) atoms. The number of nitrogens with one attached hydrogen (secondary N) is 1. The van der Waals surface area contributed by atoms with Gasteiger partial charge >= 0.3 is 0 Å². The Morgan fingerprint density at radius 1 is 1.14 bits per heavy atom. The van der Waals surface area contributed by atoms with E-state index in [-0.39, 0.29) is 10.1 Å². The van der Waals surface area contributed by atoms with Crippen LogP contribution in [0.15, 0.2) is 40.6 Å². The van der Waals surface area contributed by atoms with E-state index in [9.17, 15) is 13.2 Å². The van der Waals surface area contributed by atoms with Crippen LogP contribution in [-0.4, -0.2) is 54.7 Å². The van der Waals surface area contributed by atoms with Crippen LogP contribution >= 0.6 is 45.6 Å². The Morgan fingerprint density at radius 3 is 2.75 bits per heavy atom. The summed E-state index contributed by atoms with van der Waals surface area (Å²) in [5.74, 6) is -0.298. The van der Waals surface area contributed by atoms with Crippen LogP contribution in [0.2, 0.25) is 4.34 Å². The van der Waals surface area contributed by atoms with Gasteiger partial charge in [0.05, 0.1) is 14.6 Å². The van der Waals surface area contributed by atoms with E-state index in [0.717, 1.165) is 56.6 Å². The molecule has 1 amide bonds. The predicted octanol–water partition coefficient (Wildman–Crippen LogP) is 5.52. The summed E-state index contributed by atoms with van der Waals surface area (Å²) < 4.78 is 29.6. The summed E-state index contributed by atoms with van der Waals surface area (Å²) in [6.45, 7) is 2.07. The van der Waals surface area contributed by atoms with Crippen molar-refractivity contribution in [2.75, 3.05) is 25.5 Å². The first-order chi connectivity index (χ1) is 17.3. The lowest BCUT2D eigenvalue weighted by molar-refractivity contribution is -0.119. The summed E-state index contributed by atoms with van der Waals surface area (Å²) in [7, 11) is -1.71. The first kappa shape index (κ1) is 24.5. The highest BCUT2D eigenvalue weighted by Crippen LogP contribution is 2.46. The zero-order valence-corrected chi connectivity index (χ0v) is 23.4. The number of nitrogens with zero attached hydrogens (tertiary/aromatic N) is 3. The quantitative estimate of drug-likeness (QED) is 0.337. The highest BCUT2D eigenvalue weighted by atomic mass is 35.5. The Bertz CT molecular complexity index is 1540. The standard InChI is InChI=1S/C24H23ClN4O3S4/c1-28-12-10-14-18(13-28)34-24(21(14)23-26-15-5-2-3-7-17(15)33-23)27-22(30)16-6-4-11-29(16)36(31,32)20-9-8-19(25)35-20/h2-3,5,7-9,16H,4,6,10-13H2,1H3,(H,27,30). The summed E-state index contributed by atoms with van der Waals surface area (Å²) in [5.41, 5.74) is 3.15. The highest BCUT2D eigenvalue weighted by Gasteiger charge is 2.41. The third-order valence-corrected chi connectivity index (χ3v) is 12.4. The second kappa shape index (κ2) is 9.46. The van der Waals surface area contributed by atoms with Gasteiger partial charge in [0.2, 0.25) is 5.91 Å². The number of carbonyl (C=O) groups is 1. The van der Waals surface area contributed by atoms with Gasteiger partial charge < -0.3 is 10.2 Å². The molecular weight excluding hydrogens is 556 g/mol. The van der Waals surface area contributed by atoms with Crippen LogP contribution in [-0.2, 0) is 27.8 Å². The normalized spacial score (nSPS) is 19.1. The van der Waals surface area contributed by atoms with Crippen molar-refractivity contribution in [2.45, 2.75) is 36.1 Å². The number of anilines is 1. The molecule has 0 radical (unpaired) electrons. The fraction of sp³-hybridized carbons (Fsp3) is 0.333. The number of fused-ring (bicyclic) bond motifs is 2. The van der Waals surface area contributed by atoms with Crippen LogP contribution in [0.25, 0.3) is 20.8 Å². The Kier molecular flexibility index (Phi) is 6.43. The molecule has 1 N–H and O–H groups in total. The Balaban J connectivity index is 1.35. The van der Waals surface area contributed by atoms with Gasteiger partial charge in [-0.1, -0.05) is 23.7 Å². The van der Waals surface area contributed by atoms with Crippen LogP contribution in [0, 0.1) is 0 Å². The van der Waals surface area contributed by atoms with Gasteiger partial charge in [-0.3, -0.25) is 4.79 Å². The summed E-state index contributed by atoms with van der Waals surface area (Å²) in [4.78, 5) is 22.0. The second-order valence-electron chi connectivity index (χ2n) is 9.00. The minimum atomic E-state index is -3.80. The molecule has 7 nitrogen and oxygen atoms in total. The number of thiophene rings is 2. The number of hydrogen-bond donors (Lipinski definition) is 1. The number of benzene rings is 1. The van der Waals surface area contributed by atoms with E-state index in [1.807, 2.05) is 18.2 Å². The van der Waals surface area contributed by atoms with E-state index < -0.39 is 16.1 Å².